The fourth-order valence-corrected chi connectivity index (χ4v) is 3.36. The average Bonchev–Trinajstić information content (AvgIpc) is 3.09. The molecule has 156 valence electrons. The van der Waals surface area contributed by atoms with Gasteiger partial charge >= 0.3 is 6.18 Å². The van der Waals surface area contributed by atoms with Gasteiger partial charge in [-0.3, -0.25) is 4.79 Å². The van der Waals surface area contributed by atoms with Crippen molar-refractivity contribution in [2.45, 2.75) is 45.3 Å². The van der Waals surface area contributed by atoms with Gasteiger partial charge in [0, 0.05) is 43.5 Å². The number of hydrogen-bond acceptors (Lipinski definition) is 5. The highest BCUT2D eigenvalue weighted by Gasteiger charge is 2.30. The fourth-order valence-electron chi connectivity index (χ4n) is 3.36. The van der Waals surface area contributed by atoms with E-state index in [0.29, 0.717) is 12.4 Å². The maximum absolute atomic E-state index is 13.0. The standard InChI is InChI=1S/C20H24F3N5O/c1-3-5-15-11-18(28-9-8-17(12-28)24-13(2)29)27-19(25-15)26-16-7-4-6-14(10-16)20(21,22)23/h4,6-7,10-11,17H,3,5,8-9,12H2,1-2H3,(H,24,29)(H,25,26,27). The van der Waals surface area contributed by atoms with E-state index >= 15 is 0 Å². The molecule has 1 aliphatic rings. The zero-order valence-electron chi connectivity index (χ0n) is 16.4. The van der Waals surface area contributed by atoms with Gasteiger partial charge in [-0.2, -0.15) is 18.2 Å². The maximum atomic E-state index is 13.0. The Hall–Kier alpha value is -2.84. The summed E-state index contributed by atoms with van der Waals surface area (Å²) in [6.45, 7) is 4.88. The molecule has 0 radical (unpaired) electrons. The molecule has 3 rings (SSSR count). The van der Waals surface area contributed by atoms with Crippen LogP contribution in [0.3, 0.4) is 0 Å². The molecule has 6 nitrogen and oxygen atoms in total. The molecule has 2 heterocycles. The maximum Gasteiger partial charge on any atom is 0.416 e. The Kier molecular flexibility index (Phi) is 6.24. The monoisotopic (exact) mass is 407 g/mol. The summed E-state index contributed by atoms with van der Waals surface area (Å²) in [5.41, 5.74) is 0.358. The zero-order valence-corrected chi connectivity index (χ0v) is 16.4. The van der Waals surface area contributed by atoms with Gasteiger partial charge in [-0.25, -0.2) is 4.98 Å². The van der Waals surface area contributed by atoms with Gasteiger partial charge in [-0.05, 0) is 31.0 Å². The summed E-state index contributed by atoms with van der Waals surface area (Å²) in [5, 5.41) is 5.81. The van der Waals surface area contributed by atoms with Gasteiger partial charge in [-0.1, -0.05) is 19.4 Å². The van der Waals surface area contributed by atoms with Crippen molar-refractivity contribution in [3.05, 3.63) is 41.6 Å². The molecule has 0 aliphatic carbocycles. The van der Waals surface area contributed by atoms with E-state index in [-0.39, 0.29) is 23.6 Å². The number of aryl methyl sites for hydroxylation is 1. The van der Waals surface area contributed by atoms with E-state index in [2.05, 4.69) is 25.5 Å². The van der Waals surface area contributed by atoms with E-state index < -0.39 is 11.7 Å². The lowest BCUT2D eigenvalue weighted by molar-refractivity contribution is -0.137. The SMILES string of the molecule is CCCc1cc(N2CCC(NC(C)=O)C2)nc(Nc2cccc(C(F)(F)F)c2)n1. The van der Waals surface area contributed by atoms with Crippen LogP contribution >= 0.6 is 0 Å². The minimum Gasteiger partial charge on any atom is -0.354 e. The topological polar surface area (TPSA) is 70.2 Å². The van der Waals surface area contributed by atoms with Gasteiger partial charge in [-0.15, -0.1) is 0 Å². The summed E-state index contributed by atoms with van der Waals surface area (Å²) in [6.07, 6.45) is -1.99. The van der Waals surface area contributed by atoms with Crippen LogP contribution in [0.15, 0.2) is 30.3 Å². The van der Waals surface area contributed by atoms with Gasteiger partial charge in [0.25, 0.3) is 0 Å². The molecule has 1 saturated heterocycles. The Bertz CT molecular complexity index is 871. The first-order chi connectivity index (χ1) is 13.7. The van der Waals surface area contributed by atoms with Crippen molar-refractivity contribution in [1.82, 2.24) is 15.3 Å². The number of benzene rings is 1. The largest absolute Gasteiger partial charge is 0.416 e. The molecular weight excluding hydrogens is 383 g/mol. The zero-order chi connectivity index (χ0) is 21.0. The second kappa shape index (κ2) is 8.67. The van der Waals surface area contributed by atoms with Crippen LogP contribution in [-0.2, 0) is 17.4 Å². The van der Waals surface area contributed by atoms with Crippen molar-refractivity contribution in [2.24, 2.45) is 0 Å². The second-order valence-electron chi connectivity index (χ2n) is 7.13. The van der Waals surface area contributed by atoms with E-state index in [1.165, 1.54) is 13.0 Å². The third-order valence-electron chi connectivity index (χ3n) is 4.64. The Morgan fingerprint density at radius 2 is 2.07 bits per heavy atom. The van der Waals surface area contributed by atoms with E-state index in [0.717, 1.165) is 43.6 Å². The number of nitrogens with zero attached hydrogens (tertiary/aromatic N) is 3. The number of carbonyl (C=O) groups is 1. The highest BCUT2D eigenvalue weighted by molar-refractivity contribution is 5.73. The number of alkyl halides is 3. The minimum absolute atomic E-state index is 0.0527. The van der Waals surface area contributed by atoms with Crippen molar-refractivity contribution in [1.29, 1.82) is 0 Å². The smallest absolute Gasteiger partial charge is 0.354 e. The number of amides is 1. The summed E-state index contributed by atoms with van der Waals surface area (Å²) < 4.78 is 38.9. The van der Waals surface area contributed by atoms with Crippen LogP contribution in [-0.4, -0.2) is 35.0 Å². The normalized spacial score (nSPS) is 16.7. The summed E-state index contributed by atoms with van der Waals surface area (Å²) in [6, 6.07) is 6.91. The van der Waals surface area contributed by atoms with Crippen LogP contribution in [0.5, 0.6) is 0 Å². The first-order valence-corrected chi connectivity index (χ1v) is 9.59. The first-order valence-electron chi connectivity index (χ1n) is 9.59. The minimum atomic E-state index is -4.41. The fraction of sp³-hybridized carbons (Fsp3) is 0.450. The number of hydrogen-bond donors (Lipinski definition) is 2. The Labute approximate surface area is 167 Å². The first kappa shape index (κ1) is 20.9. The molecule has 1 aliphatic heterocycles. The molecule has 29 heavy (non-hydrogen) atoms. The van der Waals surface area contributed by atoms with Gasteiger partial charge in [0.2, 0.25) is 11.9 Å². The molecule has 0 spiro atoms. The van der Waals surface area contributed by atoms with Crippen molar-refractivity contribution in [2.75, 3.05) is 23.3 Å². The molecular formula is C20H24F3N5O. The van der Waals surface area contributed by atoms with Gasteiger partial charge in [0.1, 0.15) is 5.82 Å². The third kappa shape index (κ3) is 5.58. The Morgan fingerprint density at radius 3 is 2.76 bits per heavy atom. The van der Waals surface area contributed by atoms with Crippen LogP contribution in [0, 0.1) is 0 Å². The van der Waals surface area contributed by atoms with Crippen LogP contribution < -0.4 is 15.5 Å². The highest BCUT2D eigenvalue weighted by Crippen LogP contribution is 2.31. The number of nitrogens with one attached hydrogen (secondary N) is 2. The summed E-state index contributed by atoms with van der Waals surface area (Å²) in [7, 11) is 0. The molecule has 1 atom stereocenters. The molecule has 1 fully saturated rings. The Balaban J connectivity index is 1.83. The van der Waals surface area contributed by atoms with Gasteiger partial charge < -0.3 is 15.5 Å². The molecule has 0 bridgehead atoms. The van der Waals surface area contributed by atoms with Gasteiger partial charge in [0.15, 0.2) is 0 Å². The molecule has 1 unspecified atom stereocenters. The van der Waals surface area contributed by atoms with E-state index in [1.54, 1.807) is 6.07 Å². The molecule has 2 aromatic rings. The van der Waals surface area contributed by atoms with Crippen LogP contribution in [0.1, 0.15) is 37.9 Å². The van der Waals surface area contributed by atoms with Crippen LogP contribution in [0.25, 0.3) is 0 Å². The number of rotatable bonds is 6. The summed E-state index contributed by atoms with van der Waals surface area (Å²) in [4.78, 5) is 22.3. The molecule has 1 aromatic heterocycles. The number of aromatic nitrogens is 2. The third-order valence-corrected chi connectivity index (χ3v) is 4.64. The predicted molar refractivity (Wildman–Crippen MR) is 105 cm³/mol. The summed E-state index contributed by atoms with van der Waals surface area (Å²) in [5.74, 6) is 0.886. The lowest BCUT2D eigenvalue weighted by Gasteiger charge is -2.19. The quantitative estimate of drug-likeness (QED) is 0.760. The van der Waals surface area contributed by atoms with Crippen molar-refractivity contribution in [3.63, 3.8) is 0 Å². The number of halogens is 3. The van der Waals surface area contributed by atoms with Crippen molar-refractivity contribution >= 4 is 23.4 Å². The average molecular weight is 407 g/mol. The molecule has 9 heteroatoms. The van der Waals surface area contributed by atoms with E-state index in [1.807, 2.05) is 13.0 Å². The second-order valence-corrected chi connectivity index (χ2v) is 7.13. The van der Waals surface area contributed by atoms with Gasteiger partial charge in [0.05, 0.1) is 5.56 Å². The lowest BCUT2D eigenvalue weighted by Crippen LogP contribution is -2.35. The Morgan fingerprint density at radius 1 is 1.28 bits per heavy atom. The number of carbonyl (C=O) groups excluding carboxylic acids is 1. The number of anilines is 3. The van der Waals surface area contributed by atoms with Crippen molar-refractivity contribution < 1.29 is 18.0 Å². The highest BCUT2D eigenvalue weighted by atomic mass is 19.4. The van der Waals surface area contributed by atoms with Crippen LogP contribution in [0.2, 0.25) is 0 Å². The lowest BCUT2D eigenvalue weighted by atomic mass is 10.2. The van der Waals surface area contributed by atoms with E-state index in [4.69, 9.17) is 0 Å². The molecule has 1 amide bonds. The summed E-state index contributed by atoms with van der Waals surface area (Å²) >= 11 is 0. The van der Waals surface area contributed by atoms with Crippen LogP contribution in [0.4, 0.5) is 30.6 Å². The van der Waals surface area contributed by atoms with Crippen molar-refractivity contribution in [3.8, 4) is 0 Å². The van der Waals surface area contributed by atoms with E-state index in [9.17, 15) is 18.0 Å². The predicted octanol–water partition coefficient (Wildman–Crippen LogP) is 3.91. The molecule has 0 saturated carbocycles. The molecule has 1 aromatic carbocycles. The molecule has 2 N–H and O–H groups in total.